The molecule has 0 unspecified atom stereocenters. The largest absolute Gasteiger partial charge is 0.433 e. The highest BCUT2D eigenvalue weighted by Gasteiger charge is 2.32. The van der Waals surface area contributed by atoms with Crippen LogP contribution in [0.15, 0.2) is 22.7 Å². The highest BCUT2D eigenvalue weighted by Crippen LogP contribution is 2.28. The average Bonchev–Trinajstić information content (AvgIpc) is 2.56. The van der Waals surface area contributed by atoms with Crippen molar-refractivity contribution < 1.29 is 13.2 Å². The lowest BCUT2D eigenvalue weighted by atomic mass is 10.3. The van der Waals surface area contributed by atoms with E-state index in [1.54, 1.807) is 13.8 Å². The van der Waals surface area contributed by atoms with Crippen molar-refractivity contribution in [2.45, 2.75) is 20.0 Å². The molecule has 0 aromatic carbocycles. The molecule has 7 heteroatoms. The van der Waals surface area contributed by atoms with Crippen LogP contribution < -0.4 is 0 Å². The number of aryl methyl sites for hydroxylation is 1. The normalized spacial score (nSPS) is 11.9. The van der Waals surface area contributed by atoms with Crippen molar-refractivity contribution in [3.05, 3.63) is 39.8 Å². The van der Waals surface area contributed by atoms with Crippen LogP contribution in [0.2, 0.25) is 0 Å². The van der Waals surface area contributed by atoms with Crippen molar-refractivity contribution in [2.75, 3.05) is 0 Å². The molecule has 3 nitrogen and oxygen atoms in total. The molecule has 0 bridgehead atoms. The van der Waals surface area contributed by atoms with E-state index in [-0.39, 0.29) is 5.82 Å². The predicted molar refractivity (Wildman–Crippen MR) is 63.5 cm³/mol. The molecular formula is C11H9BrF3N3. The summed E-state index contributed by atoms with van der Waals surface area (Å²) >= 11 is 3.32. The van der Waals surface area contributed by atoms with Crippen LogP contribution in [0.3, 0.4) is 0 Å². The molecule has 0 aliphatic carbocycles. The molecule has 18 heavy (non-hydrogen) atoms. The van der Waals surface area contributed by atoms with Crippen LogP contribution >= 0.6 is 15.9 Å². The molecule has 0 aliphatic rings. The summed E-state index contributed by atoms with van der Waals surface area (Å²) in [5, 5.41) is 4.14. The third-order valence-electron chi connectivity index (χ3n) is 2.44. The van der Waals surface area contributed by atoms with Crippen molar-refractivity contribution >= 4 is 15.9 Å². The first kappa shape index (κ1) is 13.1. The zero-order valence-electron chi connectivity index (χ0n) is 9.59. The summed E-state index contributed by atoms with van der Waals surface area (Å²) in [5.74, 6) is 0.149. The number of aromatic nitrogens is 3. The van der Waals surface area contributed by atoms with E-state index < -0.39 is 11.9 Å². The Bertz CT molecular complexity index is 590. The summed E-state index contributed by atoms with van der Waals surface area (Å²) in [6, 6.07) is 3.74. The van der Waals surface area contributed by atoms with Crippen LogP contribution in [0, 0.1) is 13.8 Å². The standard InChI is InChI=1S/C11H9BrF3N3/c1-6-10(12)7(2)18(17-6)9-5-3-4-8(16-9)11(13,14)15/h3-5H,1-2H3. The van der Waals surface area contributed by atoms with Gasteiger partial charge in [0.25, 0.3) is 0 Å². The maximum atomic E-state index is 12.6. The molecule has 0 radical (unpaired) electrons. The minimum atomic E-state index is -4.46. The number of hydrogen-bond acceptors (Lipinski definition) is 2. The summed E-state index contributed by atoms with van der Waals surface area (Å²) in [4.78, 5) is 3.58. The van der Waals surface area contributed by atoms with Crippen molar-refractivity contribution in [1.29, 1.82) is 0 Å². The molecule has 0 amide bonds. The Kier molecular flexibility index (Phi) is 3.18. The molecule has 2 heterocycles. The molecule has 2 rings (SSSR count). The van der Waals surface area contributed by atoms with E-state index in [1.165, 1.54) is 16.8 Å². The van der Waals surface area contributed by atoms with E-state index in [9.17, 15) is 13.2 Å². The van der Waals surface area contributed by atoms with Crippen LogP contribution in [0.25, 0.3) is 5.82 Å². The van der Waals surface area contributed by atoms with Gasteiger partial charge in [-0.05, 0) is 41.9 Å². The number of rotatable bonds is 1. The Labute approximate surface area is 110 Å². The number of hydrogen-bond donors (Lipinski definition) is 0. The number of alkyl halides is 3. The molecule has 0 atom stereocenters. The van der Waals surface area contributed by atoms with Gasteiger partial charge in [0.2, 0.25) is 0 Å². The van der Waals surface area contributed by atoms with Gasteiger partial charge in [-0.3, -0.25) is 0 Å². The van der Waals surface area contributed by atoms with Gasteiger partial charge in [0.1, 0.15) is 5.69 Å². The summed E-state index contributed by atoms with van der Waals surface area (Å²) in [6.07, 6.45) is -4.46. The second-order valence-electron chi connectivity index (χ2n) is 3.78. The van der Waals surface area contributed by atoms with E-state index in [0.717, 1.165) is 10.5 Å². The second kappa shape index (κ2) is 4.38. The molecule has 2 aromatic rings. The first-order valence-electron chi connectivity index (χ1n) is 5.07. The Hall–Kier alpha value is -1.37. The summed E-state index contributed by atoms with van der Waals surface area (Å²) in [7, 11) is 0. The van der Waals surface area contributed by atoms with Crippen molar-refractivity contribution in [3.8, 4) is 5.82 Å². The Morgan fingerprint density at radius 2 is 1.89 bits per heavy atom. The molecular weight excluding hydrogens is 311 g/mol. The van der Waals surface area contributed by atoms with Gasteiger partial charge >= 0.3 is 6.18 Å². The van der Waals surface area contributed by atoms with Crippen LogP contribution in [0.1, 0.15) is 17.1 Å². The van der Waals surface area contributed by atoms with E-state index in [4.69, 9.17) is 0 Å². The minimum absolute atomic E-state index is 0.149. The Morgan fingerprint density at radius 3 is 2.39 bits per heavy atom. The Balaban J connectivity index is 2.55. The van der Waals surface area contributed by atoms with Crippen molar-refractivity contribution in [2.24, 2.45) is 0 Å². The fourth-order valence-electron chi connectivity index (χ4n) is 1.55. The molecule has 0 fully saturated rings. The summed E-state index contributed by atoms with van der Waals surface area (Å²) in [5.41, 5.74) is 0.481. The van der Waals surface area contributed by atoms with E-state index in [0.29, 0.717) is 11.4 Å². The van der Waals surface area contributed by atoms with Gasteiger partial charge in [-0.1, -0.05) is 6.07 Å². The van der Waals surface area contributed by atoms with Crippen molar-refractivity contribution in [3.63, 3.8) is 0 Å². The second-order valence-corrected chi connectivity index (χ2v) is 4.57. The molecule has 0 N–H and O–H groups in total. The van der Waals surface area contributed by atoms with Gasteiger partial charge in [0.15, 0.2) is 5.82 Å². The zero-order valence-corrected chi connectivity index (χ0v) is 11.2. The lowest BCUT2D eigenvalue weighted by molar-refractivity contribution is -0.141. The topological polar surface area (TPSA) is 30.7 Å². The minimum Gasteiger partial charge on any atom is -0.224 e. The lowest BCUT2D eigenvalue weighted by Crippen LogP contribution is -2.11. The lowest BCUT2D eigenvalue weighted by Gasteiger charge is -2.08. The van der Waals surface area contributed by atoms with Gasteiger partial charge < -0.3 is 0 Å². The van der Waals surface area contributed by atoms with Gasteiger partial charge in [0.05, 0.1) is 15.9 Å². The van der Waals surface area contributed by atoms with Crippen LogP contribution in [-0.4, -0.2) is 14.8 Å². The molecule has 0 aliphatic heterocycles. The number of nitrogens with zero attached hydrogens (tertiary/aromatic N) is 3. The smallest absolute Gasteiger partial charge is 0.224 e. The van der Waals surface area contributed by atoms with E-state index >= 15 is 0 Å². The van der Waals surface area contributed by atoms with Gasteiger partial charge in [-0.2, -0.15) is 18.3 Å². The summed E-state index contributed by atoms with van der Waals surface area (Å²) < 4.78 is 39.9. The molecule has 0 spiro atoms. The number of halogens is 4. The summed E-state index contributed by atoms with van der Waals surface area (Å²) in [6.45, 7) is 3.52. The van der Waals surface area contributed by atoms with Crippen molar-refractivity contribution in [1.82, 2.24) is 14.8 Å². The molecule has 96 valence electrons. The highest BCUT2D eigenvalue weighted by atomic mass is 79.9. The fourth-order valence-corrected chi connectivity index (χ4v) is 1.79. The van der Waals surface area contributed by atoms with Crippen LogP contribution in [-0.2, 0) is 6.18 Å². The van der Waals surface area contributed by atoms with Gasteiger partial charge in [0, 0.05) is 0 Å². The first-order valence-corrected chi connectivity index (χ1v) is 5.86. The maximum Gasteiger partial charge on any atom is 0.433 e. The fraction of sp³-hybridized carbons (Fsp3) is 0.273. The van der Waals surface area contributed by atoms with Gasteiger partial charge in [-0.15, -0.1) is 0 Å². The molecule has 0 saturated heterocycles. The molecule has 2 aromatic heterocycles. The maximum absolute atomic E-state index is 12.6. The van der Waals surface area contributed by atoms with E-state index in [2.05, 4.69) is 26.0 Å². The van der Waals surface area contributed by atoms with E-state index in [1.807, 2.05) is 0 Å². The van der Waals surface area contributed by atoms with Gasteiger partial charge in [-0.25, -0.2) is 9.67 Å². The third-order valence-corrected chi connectivity index (χ3v) is 3.59. The SMILES string of the molecule is Cc1nn(-c2cccc(C(F)(F)F)n2)c(C)c1Br. The highest BCUT2D eigenvalue weighted by molar-refractivity contribution is 9.10. The number of pyridine rings is 1. The Morgan fingerprint density at radius 1 is 1.22 bits per heavy atom. The van der Waals surface area contributed by atoms with Crippen LogP contribution in [0.4, 0.5) is 13.2 Å². The average molecular weight is 320 g/mol. The quantitative estimate of drug-likeness (QED) is 0.803. The monoisotopic (exact) mass is 319 g/mol. The predicted octanol–water partition coefficient (Wildman–Crippen LogP) is 3.67. The first-order chi connectivity index (χ1) is 8.30. The molecule has 0 saturated carbocycles. The zero-order chi connectivity index (χ0) is 13.5. The third kappa shape index (κ3) is 2.27. The van der Waals surface area contributed by atoms with Crippen LogP contribution in [0.5, 0.6) is 0 Å².